The van der Waals surface area contributed by atoms with E-state index in [-0.39, 0.29) is 10.9 Å². The Labute approximate surface area is 230 Å². The number of nitrogens with one attached hydrogen (secondary N) is 1. The van der Waals surface area contributed by atoms with Crippen molar-refractivity contribution in [3.8, 4) is 0 Å². The normalized spacial score (nSPS) is 16.6. The first-order valence-electron chi connectivity index (χ1n) is 13.0. The van der Waals surface area contributed by atoms with Crippen molar-refractivity contribution < 1.29 is 13.5 Å². The molecule has 2 aliphatic heterocycles. The smallest absolute Gasteiger partial charge is 0.137 e. The largest absolute Gasteiger partial charge is 0.378 e. The van der Waals surface area contributed by atoms with Crippen LogP contribution in [-0.4, -0.2) is 71.7 Å². The van der Waals surface area contributed by atoms with E-state index in [1.165, 1.54) is 6.07 Å². The summed E-state index contributed by atoms with van der Waals surface area (Å²) in [5.74, 6) is -0.579. The number of aromatic nitrogens is 3. The number of morpholine rings is 1. The van der Waals surface area contributed by atoms with Gasteiger partial charge in [0.2, 0.25) is 0 Å². The van der Waals surface area contributed by atoms with Crippen LogP contribution in [-0.2, 0) is 4.74 Å². The summed E-state index contributed by atoms with van der Waals surface area (Å²) in [4.78, 5) is 18.9. The lowest BCUT2D eigenvalue weighted by molar-refractivity contribution is 0.122. The molecular weight excluding hydrogens is 520 g/mol. The van der Waals surface area contributed by atoms with Gasteiger partial charge < -0.3 is 19.9 Å². The van der Waals surface area contributed by atoms with Crippen LogP contribution in [0.25, 0.3) is 10.9 Å². The lowest BCUT2D eigenvalue weighted by Gasteiger charge is -2.35. The molecule has 0 saturated carbocycles. The molecule has 0 unspecified atom stereocenters. The Morgan fingerprint density at radius 3 is 2.51 bits per heavy atom. The van der Waals surface area contributed by atoms with Crippen LogP contribution in [0.1, 0.15) is 5.56 Å². The molecule has 8 nitrogen and oxygen atoms in total. The number of nitrogens with zero attached hydrogens (tertiary/aromatic N) is 6. The van der Waals surface area contributed by atoms with Crippen LogP contribution >= 0.6 is 11.9 Å². The highest BCUT2D eigenvalue weighted by molar-refractivity contribution is 7.97. The molecule has 2 fully saturated rings. The summed E-state index contributed by atoms with van der Waals surface area (Å²) >= 11 is 1.68. The summed E-state index contributed by atoms with van der Waals surface area (Å²) in [5.41, 5.74) is 3.34. The van der Waals surface area contributed by atoms with E-state index in [2.05, 4.69) is 29.4 Å². The molecule has 202 valence electrons. The van der Waals surface area contributed by atoms with Crippen molar-refractivity contribution in [2.45, 2.75) is 11.8 Å². The Morgan fingerprint density at radius 1 is 0.923 bits per heavy atom. The van der Waals surface area contributed by atoms with E-state index in [4.69, 9.17) is 9.72 Å². The third kappa shape index (κ3) is 5.61. The van der Waals surface area contributed by atoms with Crippen molar-refractivity contribution in [1.82, 2.24) is 19.3 Å². The maximum atomic E-state index is 15.2. The van der Waals surface area contributed by atoms with Gasteiger partial charge in [-0.15, -0.1) is 0 Å². The van der Waals surface area contributed by atoms with Crippen LogP contribution in [0.5, 0.6) is 0 Å². The van der Waals surface area contributed by atoms with Gasteiger partial charge in [0.15, 0.2) is 0 Å². The molecule has 5 heterocycles. The summed E-state index contributed by atoms with van der Waals surface area (Å²) in [6, 6.07) is 8.18. The molecule has 6 rings (SSSR count). The van der Waals surface area contributed by atoms with Crippen molar-refractivity contribution in [3.05, 3.63) is 72.3 Å². The summed E-state index contributed by atoms with van der Waals surface area (Å²) in [5, 5.41) is 3.67. The third-order valence-electron chi connectivity index (χ3n) is 7.00. The van der Waals surface area contributed by atoms with E-state index in [0.29, 0.717) is 18.9 Å². The number of halogens is 2. The second-order valence-corrected chi connectivity index (χ2v) is 10.7. The van der Waals surface area contributed by atoms with Crippen molar-refractivity contribution in [1.29, 1.82) is 0 Å². The fourth-order valence-electron chi connectivity index (χ4n) is 5.03. The molecule has 1 aromatic carbocycles. The van der Waals surface area contributed by atoms with Gasteiger partial charge in [0.05, 0.1) is 53.6 Å². The van der Waals surface area contributed by atoms with E-state index in [1.54, 1.807) is 24.3 Å². The zero-order chi connectivity index (χ0) is 26.8. The second-order valence-electron chi connectivity index (χ2n) is 9.57. The minimum Gasteiger partial charge on any atom is -0.378 e. The molecule has 0 spiro atoms. The average molecular weight is 550 g/mol. The van der Waals surface area contributed by atoms with Crippen molar-refractivity contribution in [2.24, 2.45) is 0 Å². The summed E-state index contributed by atoms with van der Waals surface area (Å²) in [6.07, 6.45) is 7.15. The fourth-order valence-corrected chi connectivity index (χ4v) is 5.92. The van der Waals surface area contributed by atoms with Crippen molar-refractivity contribution in [2.75, 3.05) is 67.6 Å². The first-order chi connectivity index (χ1) is 19.0. The zero-order valence-electron chi connectivity index (χ0n) is 21.6. The monoisotopic (exact) mass is 549 g/mol. The molecule has 3 aromatic heterocycles. The molecule has 39 heavy (non-hydrogen) atoms. The fraction of sp³-hybridized carbons (Fsp3) is 0.321. The maximum absolute atomic E-state index is 15.2. The Morgan fingerprint density at radius 2 is 1.74 bits per heavy atom. The molecule has 2 saturated heterocycles. The number of anilines is 4. The van der Waals surface area contributed by atoms with E-state index >= 15 is 4.39 Å². The Kier molecular flexibility index (Phi) is 7.45. The van der Waals surface area contributed by atoms with Crippen LogP contribution in [0.15, 0.2) is 60.0 Å². The summed E-state index contributed by atoms with van der Waals surface area (Å²) in [6.45, 7) is 7.92. The Hall–Kier alpha value is -3.54. The van der Waals surface area contributed by atoms with E-state index in [1.807, 2.05) is 37.5 Å². The average Bonchev–Trinajstić information content (AvgIpc) is 2.96. The Balaban J connectivity index is 1.30. The van der Waals surface area contributed by atoms with Crippen LogP contribution < -0.4 is 15.1 Å². The first kappa shape index (κ1) is 25.7. The van der Waals surface area contributed by atoms with Gasteiger partial charge in [-0.3, -0.25) is 9.97 Å². The molecule has 0 bridgehead atoms. The number of hydrogen-bond donors (Lipinski definition) is 1. The molecule has 1 N–H and O–H groups in total. The zero-order valence-corrected chi connectivity index (χ0v) is 22.4. The predicted molar refractivity (Wildman–Crippen MR) is 151 cm³/mol. The highest BCUT2D eigenvalue weighted by Gasteiger charge is 2.24. The molecule has 0 atom stereocenters. The number of rotatable bonds is 6. The van der Waals surface area contributed by atoms with Crippen LogP contribution in [0, 0.1) is 18.6 Å². The van der Waals surface area contributed by atoms with Crippen LogP contribution in [0.2, 0.25) is 0 Å². The molecule has 2 aliphatic rings. The van der Waals surface area contributed by atoms with E-state index < -0.39 is 11.6 Å². The van der Waals surface area contributed by atoms with Gasteiger partial charge in [0, 0.05) is 74.3 Å². The van der Waals surface area contributed by atoms with Gasteiger partial charge in [-0.05, 0) is 37.1 Å². The first-order valence-corrected chi connectivity index (χ1v) is 13.7. The van der Waals surface area contributed by atoms with Gasteiger partial charge in [-0.2, -0.15) is 0 Å². The van der Waals surface area contributed by atoms with Gasteiger partial charge >= 0.3 is 0 Å². The predicted octanol–water partition coefficient (Wildman–Crippen LogP) is 5.02. The number of hydrogen-bond acceptors (Lipinski definition) is 9. The lowest BCUT2D eigenvalue weighted by atomic mass is 10.1. The second kappa shape index (κ2) is 11.3. The SMILES string of the molecule is Cc1c(N2CCN(Sc3cccnc3)CC2)nc2cc(F)cc(F)c2c1Nc1cncc(N2CCOCC2)c1. The standard InChI is InChI=1S/C28H29F2N7OS/c1-19-27(33-21-15-22(17-32-16-21)35-9-11-38-12-10-35)26-24(30)13-20(29)14-25(26)34-28(19)36-5-7-37(8-6-36)39-23-3-2-4-31-18-23/h2-4,13-18H,5-12H2,1H3,(H,33,34). The minimum atomic E-state index is -0.651. The molecule has 0 aliphatic carbocycles. The lowest BCUT2D eigenvalue weighted by Crippen LogP contribution is -2.44. The van der Waals surface area contributed by atoms with E-state index in [9.17, 15) is 4.39 Å². The third-order valence-corrected chi connectivity index (χ3v) is 8.07. The number of pyridine rings is 3. The maximum Gasteiger partial charge on any atom is 0.137 e. The highest BCUT2D eigenvalue weighted by atomic mass is 32.2. The van der Waals surface area contributed by atoms with Gasteiger partial charge in [0.1, 0.15) is 17.5 Å². The van der Waals surface area contributed by atoms with Crippen molar-refractivity contribution in [3.63, 3.8) is 0 Å². The number of fused-ring (bicyclic) bond motifs is 1. The molecular formula is C28H29F2N7OS. The summed E-state index contributed by atoms with van der Waals surface area (Å²) in [7, 11) is 0. The Bertz CT molecular complexity index is 1460. The number of ether oxygens (including phenoxy) is 1. The van der Waals surface area contributed by atoms with E-state index in [0.717, 1.165) is 73.0 Å². The van der Waals surface area contributed by atoms with Crippen molar-refractivity contribution >= 4 is 45.7 Å². The van der Waals surface area contributed by atoms with Crippen LogP contribution in [0.3, 0.4) is 0 Å². The van der Waals surface area contributed by atoms with Gasteiger partial charge in [0.25, 0.3) is 0 Å². The molecule has 0 radical (unpaired) electrons. The number of benzene rings is 1. The molecule has 11 heteroatoms. The highest BCUT2D eigenvalue weighted by Crippen LogP contribution is 2.37. The minimum absolute atomic E-state index is 0.264. The summed E-state index contributed by atoms with van der Waals surface area (Å²) < 4.78 is 37.3. The molecule has 0 amide bonds. The van der Waals surface area contributed by atoms with Gasteiger partial charge in [-0.1, -0.05) is 0 Å². The topological polar surface area (TPSA) is 69.7 Å². The quantitative estimate of drug-likeness (QED) is 0.334. The van der Waals surface area contributed by atoms with Gasteiger partial charge in [-0.25, -0.2) is 18.1 Å². The number of piperazine rings is 1. The van der Waals surface area contributed by atoms with Crippen LogP contribution in [0.4, 0.5) is 31.7 Å². The molecule has 4 aromatic rings.